The zero-order valence-electron chi connectivity index (χ0n) is 10.5. The molecule has 100 valence electrons. The van der Waals surface area contributed by atoms with Crippen LogP contribution in [0.3, 0.4) is 0 Å². The number of hydrogen-bond donors (Lipinski definition) is 1. The third-order valence-corrected chi connectivity index (χ3v) is 3.86. The van der Waals surface area contributed by atoms with E-state index in [-0.39, 0.29) is 6.10 Å². The average Bonchev–Trinajstić information content (AvgIpc) is 2.40. The fraction of sp³-hybridized carbons (Fsp3) is 0.538. The second-order valence-electron chi connectivity index (χ2n) is 4.40. The summed E-state index contributed by atoms with van der Waals surface area (Å²) in [4.78, 5) is 2.39. The molecule has 0 radical (unpaired) electrons. The predicted molar refractivity (Wildman–Crippen MR) is 76.8 cm³/mol. The Balaban J connectivity index is 1.85. The van der Waals surface area contributed by atoms with Gasteiger partial charge in [-0.1, -0.05) is 30.1 Å². The van der Waals surface area contributed by atoms with Crippen molar-refractivity contribution in [2.45, 2.75) is 13.0 Å². The highest BCUT2D eigenvalue weighted by atomic mass is 35.5. The second kappa shape index (κ2) is 6.62. The van der Waals surface area contributed by atoms with Gasteiger partial charge in [-0.3, -0.25) is 4.90 Å². The van der Waals surface area contributed by atoms with E-state index in [1.165, 1.54) is 0 Å². The van der Waals surface area contributed by atoms with Gasteiger partial charge in [-0.15, -0.1) is 0 Å². The fourth-order valence-electron chi connectivity index (χ4n) is 2.03. The van der Waals surface area contributed by atoms with Crippen molar-refractivity contribution < 1.29 is 4.74 Å². The third-order valence-electron chi connectivity index (χ3n) is 3.12. The van der Waals surface area contributed by atoms with Crippen molar-refractivity contribution in [2.24, 2.45) is 0 Å². The van der Waals surface area contributed by atoms with Crippen LogP contribution in [0.4, 0.5) is 5.69 Å². The first-order valence-corrected chi connectivity index (χ1v) is 6.97. The molecule has 1 N–H and O–H groups in total. The molecule has 0 aromatic heterocycles. The van der Waals surface area contributed by atoms with E-state index in [4.69, 9.17) is 27.9 Å². The van der Waals surface area contributed by atoms with Gasteiger partial charge in [0, 0.05) is 25.3 Å². The van der Waals surface area contributed by atoms with E-state index < -0.39 is 0 Å². The lowest BCUT2D eigenvalue weighted by atomic mass is 10.2. The number of nitrogens with one attached hydrogen (secondary N) is 1. The highest BCUT2D eigenvalue weighted by Crippen LogP contribution is 2.25. The van der Waals surface area contributed by atoms with Gasteiger partial charge in [-0.05, 0) is 24.7 Å². The molecule has 0 bridgehead atoms. The first-order chi connectivity index (χ1) is 8.69. The fourth-order valence-corrected chi connectivity index (χ4v) is 2.33. The van der Waals surface area contributed by atoms with Gasteiger partial charge in [0.25, 0.3) is 0 Å². The van der Waals surface area contributed by atoms with Gasteiger partial charge in [0.2, 0.25) is 0 Å². The Kier molecular flexibility index (Phi) is 5.13. The molecule has 1 aliphatic heterocycles. The molecule has 1 aliphatic rings. The van der Waals surface area contributed by atoms with Gasteiger partial charge >= 0.3 is 0 Å². The molecule has 1 atom stereocenters. The average molecular weight is 289 g/mol. The van der Waals surface area contributed by atoms with E-state index in [9.17, 15) is 0 Å². The molecule has 0 spiro atoms. The summed E-state index contributed by atoms with van der Waals surface area (Å²) >= 11 is 11.8. The molecule has 1 aromatic carbocycles. The summed E-state index contributed by atoms with van der Waals surface area (Å²) in [5.41, 5.74) is 0.974. The van der Waals surface area contributed by atoms with E-state index in [0.29, 0.717) is 10.0 Å². The molecule has 1 aromatic rings. The highest BCUT2D eigenvalue weighted by molar-refractivity contribution is 6.42. The van der Waals surface area contributed by atoms with Crippen molar-refractivity contribution in [1.82, 2.24) is 4.90 Å². The van der Waals surface area contributed by atoms with E-state index in [1.807, 2.05) is 12.1 Å². The first-order valence-electron chi connectivity index (χ1n) is 6.22. The SMILES string of the molecule is CCN1CCOC(CNc2ccc(Cl)c(Cl)c2)C1. The quantitative estimate of drug-likeness (QED) is 0.921. The molecule has 0 aliphatic carbocycles. The molecule has 0 saturated carbocycles. The molecule has 1 unspecified atom stereocenters. The van der Waals surface area contributed by atoms with E-state index in [2.05, 4.69) is 17.1 Å². The summed E-state index contributed by atoms with van der Waals surface area (Å²) in [6, 6.07) is 5.56. The molecule has 1 fully saturated rings. The minimum atomic E-state index is 0.230. The molecule has 18 heavy (non-hydrogen) atoms. The number of ether oxygens (including phenoxy) is 1. The van der Waals surface area contributed by atoms with E-state index in [0.717, 1.165) is 38.5 Å². The minimum Gasteiger partial charge on any atom is -0.382 e. The van der Waals surface area contributed by atoms with Crippen LogP contribution in [0.5, 0.6) is 0 Å². The summed E-state index contributed by atoms with van der Waals surface area (Å²) in [7, 11) is 0. The smallest absolute Gasteiger partial charge is 0.0874 e. The van der Waals surface area contributed by atoms with E-state index in [1.54, 1.807) is 6.07 Å². The van der Waals surface area contributed by atoms with Gasteiger partial charge in [-0.25, -0.2) is 0 Å². The van der Waals surface area contributed by atoms with Gasteiger partial charge in [-0.2, -0.15) is 0 Å². The van der Waals surface area contributed by atoms with Gasteiger partial charge in [0.05, 0.1) is 22.8 Å². The summed E-state index contributed by atoms with van der Waals surface area (Å²) in [6.07, 6.45) is 0.230. The number of nitrogens with zero attached hydrogens (tertiary/aromatic N) is 1. The number of hydrogen-bond acceptors (Lipinski definition) is 3. The summed E-state index contributed by atoms with van der Waals surface area (Å²) < 4.78 is 5.72. The first kappa shape index (κ1) is 13.9. The summed E-state index contributed by atoms with van der Waals surface area (Å²) in [6.45, 7) is 6.85. The predicted octanol–water partition coefficient (Wildman–Crippen LogP) is 3.13. The number of anilines is 1. The van der Waals surface area contributed by atoms with Crippen molar-refractivity contribution in [3.63, 3.8) is 0 Å². The lowest BCUT2D eigenvalue weighted by molar-refractivity contribution is -0.0191. The molecule has 2 rings (SSSR count). The van der Waals surface area contributed by atoms with Gasteiger partial charge < -0.3 is 10.1 Å². The highest BCUT2D eigenvalue weighted by Gasteiger charge is 2.18. The van der Waals surface area contributed by atoms with Crippen LogP contribution in [0.15, 0.2) is 18.2 Å². The van der Waals surface area contributed by atoms with Crippen LogP contribution < -0.4 is 5.32 Å². The number of benzene rings is 1. The lowest BCUT2D eigenvalue weighted by Gasteiger charge is -2.32. The molecule has 5 heteroatoms. The minimum absolute atomic E-state index is 0.230. The number of halogens is 2. The third kappa shape index (κ3) is 3.75. The second-order valence-corrected chi connectivity index (χ2v) is 5.21. The standard InChI is InChI=1S/C13H18Cl2N2O/c1-2-17-5-6-18-11(9-17)8-16-10-3-4-12(14)13(15)7-10/h3-4,7,11,16H,2,5-6,8-9H2,1H3. The Morgan fingerprint density at radius 3 is 2.94 bits per heavy atom. The topological polar surface area (TPSA) is 24.5 Å². The number of rotatable bonds is 4. The van der Waals surface area contributed by atoms with Gasteiger partial charge in [0.1, 0.15) is 0 Å². The van der Waals surface area contributed by atoms with Crippen LogP contribution in [0.1, 0.15) is 6.92 Å². The van der Waals surface area contributed by atoms with Crippen molar-refractivity contribution in [3.8, 4) is 0 Å². The maximum atomic E-state index is 5.97. The molecular formula is C13H18Cl2N2O. The Hall–Kier alpha value is -0.480. The normalized spacial score (nSPS) is 20.9. The van der Waals surface area contributed by atoms with Crippen molar-refractivity contribution in [3.05, 3.63) is 28.2 Å². The van der Waals surface area contributed by atoms with Crippen molar-refractivity contribution in [2.75, 3.05) is 38.1 Å². The molecule has 1 heterocycles. The van der Waals surface area contributed by atoms with Crippen LogP contribution >= 0.6 is 23.2 Å². The zero-order chi connectivity index (χ0) is 13.0. The Bertz CT molecular complexity index is 401. The Morgan fingerprint density at radius 2 is 2.22 bits per heavy atom. The van der Waals surface area contributed by atoms with Crippen molar-refractivity contribution in [1.29, 1.82) is 0 Å². The molecule has 0 amide bonds. The van der Waals surface area contributed by atoms with Crippen LogP contribution in [0.25, 0.3) is 0 Å². The Morgan fingerprint density at radius 1 is 1.39 bits per heavy atom. The molecular weight excluding hydrogens is 271 g/mol. The van der Waals surface area contributed by atoms with Crippen molar-refractivity contribution >= 4 is 28.9 Å². The largest absolute Gasteiger partial charge is 0.382 e. The van der Waals surface area contributed by atoms with Crippen LogP contribution in [0.2, 0.25) is 10.0 Å². The number of morpholine rings is 1. The lowest BCUT2D eigenvalue weighted by Crippen LogP contribution is -2.45. The van der Waals surface area contributed by atoms with E-state index >= 15 is 0 Å². The van der Waals surface area contributed by atoms with Crippen LogP contribution in [0, 0.1) is 0 Å². The molecule has 3 nitrogen and oxygen atoms in total. The zero-order valence-corrected chi connectivity index (χ0v) is 12.0. The maximum Gasteiger partial charge on any atom is 0.0874 e. The summed E-state index contributed by atoms with van der Waals surface area (Å²) in [5.74, 6) is 0. The maximum absolute atomic E-state index is 5.97. The monoisotopic (exact) mass is 288 g/mol. The summed E-state index contributed by atoms with van der Waals surface area (Å²) in [5, 5.41) is 4.48. The number of likely N-dealkylation sites (N-methyl/N-ethyl adjacent to an activating group) is 1. The van der Waals surface area contributed by atoms with Crippen LogP contribution in [-0.2, 0) is 4.74 Å². The Labute approximate surface area is 118 Å². The van der Waals surface area contributed by atoms with Gasteiger partial charge in [0.15, 0.2) is 0 Å². The van der Waals surface area contributed by atoms with Crippen LogP contribution in [-0.4, -0.2) is 43.8 Å². The molecule has 1 saturated heterocycles.